The largest absolute Gasteiger partial charge is 0.359 e. The maximum Gasteiger partial charge on any atom is 0.236 e. The molecule has 1 aromatic rings. The Morgan fingerprint density at radius 1 is 1.35 bits per heavy atom. The number of hydrogen-bond donors (Lipinski definition) is 2. The summed E-state index contributed by atoms with van der Waals surface area (Å²) < 4.78 is 0. The second-order valence-electron chi connectivity index (χ2n) is 5.93. The first-order chi connectivity index (χ1) is 11.0. The summed E-state index contributed by atoms with van der Waals surface area (Å²) in [6.07, 6.45) is 1.46. The number of benzene rings is 1. The van der Waals surface area contributed by atoms with Gasteiger partial charge in [0.2, 0.25) is 11.8 Å². The number of amides is 2. The first-order valence-corrected chi connectivity index (χ1v) is 8.37. The van der Waals surface area contributed by atoms with Crippen molar-refractivity contribution < 1.29 is 9.59 Å². The molecule has 2 N–H and O–H groups in total. The number of carbonyl (C=O) groups excluding carboxylic acids is 2. The lowest BCUT2D eigenvalue weighted by Gasteiger charge is -2.31. The number of likely N-dealkylation sites (tertiary alicyclic amines) is 1. The van der Waals surface area contributed by atoms with Crippen molar-refractivity contribution in [2.75, 3.05) is 26.7 Å². The Morgan fingerprint density at radius 2 is 2.04 bits per heavy atom. The smallest absolute Gasteiger partial charge is 0.236 e. The molecule has 0 radical (unpaired) electrons. The molecule has 1 unspecified atom stereocenters. The van der Waals surface area contributed by atoms with E-state index in [-0.39, 0.29) is 23.8 Å². The van der Waals surface area contributed by atoms with Gasteiger partial charge in [0.1, 0.15) is 0 Å². The molecule has 0 saturated carbocycles. The fourth-order valence-corrected chi connectivity index (χ4v) is 3.04. The van der Waals surface area contributed by atoms with Crippen LogP contribution in [0.5, 0.6) is 0 Å². The summed E-state index contributed by atoms with van der Waals surface area (Å²) in [6, 6.07) is 7.68. The number of carbonyl (C=O) groups is 2. The zero-order chi connectivity index (χ0) is 16.8. The van der Waals surface area contributed by atoms with Crippen LogP contribution in [0.15, 0.2) is 24.3 Å². The normalized spacial score (nSPS) is 16.9. The minimum atomic E-state index is 0.0300. The quantitative estimate of drug-likeness (QED) is 0.863. The third kappa shape index (κ3) is 4.94. The summed E-state index contributed by atoms with van der Waals surface area (Å²) in [5, 5.41) is 6.61. The predicted molar refractivity (Wildman–Crippen MR) is 91.2 cm³/mol. The van der Waals surface area contributed by atoms with Crippen molar-refractivity contribution in [2.24, 2.45) is 5.92 Å². The molecule has 23 heavy (non-hydrogen) atoms. The zero-order valence-corrected chi connectivity index (χ0v) is 14.4. The number of piperidine rings is 1. The highest BCUT2D eigenvalue weighted by Gasteiger charge is 2.26. The van der Waals surface area contributed by atoms with E-state index in [2.05, 4.69) is 10.6 Å². The van der Waals surface area contributed by atoms with E-state index in [0.29, 0.717) is 24.7 Å². The van der Waals surface area contributed by atoms with Gasteiger partial charge in [0.25, 0.3) is 0 Å². The molecule has 0 aliphatic carbocycles. The first kappa shape index (κ1) is 17.8. The fourth-order valence-electron chi connectivity index (χ4n) is 2.84. The van der Waals surface area contributed by atoms with E-state index in [4.69, 9.17) is 11.6 Å². The van der Waals surface area contributed by atoms with Crippen LogP contribution in [0.1, 0.15) is 31.4 Å². The second-order valence-corrected chi connectivity index (χ2v) is 6.36. The van der Waals surface area contributed by atoms with E-state index < -0.39 is 0 Å². The third-order valence-corrected chi connectivity index (χ3v) is 4.61. The Morgan fingerprint density at radius 3 is 2.65 bits per heavy atom. The fraction of sp³-hybridized carbons (Fsp3) is 0.529. The summed E-state index contributed by atoms with van der Waals surface area (Å²) in [6.45, 7) is 3.59. The van der Waals surface area contributed by atoms with E-state index >= 15 is 0 Å². The Kier molecular flexibility index (Phi) is 6.42. The first-order valence-electron chi connectivity index (χ1n) is 7.99. The molecule has 1 aliphatic heterocycles. The summed E-state index contributed by atoms with van der Waals surface area (Å²) in [4.78, 5) is 25.7. The minimum absolute atomic E-state index is 0.0300. The number of hydrogen-bond acceptors (Lipinski definition) is 3. The van der Waals surface area contributed by atoms with Gasteiger partial charge < -0.3 is 15.5 Å². The van der Waals surface area contributed by atoms with Crippen LogP contribution in [-0.4, -0.2) is 43.4 Å². The van der Waals surface area contributed by atoms with Crippen molar-refractivity contribution >= 4 is 23.4 Å². The molecule has 1 heterocycles. The lowest BCUT2D eigenvalue weighted by atomic mass is 9.96. The monoisotopic (exact) mass is 337 g/mol. The Balaban J connectivity index is 1.78. The highest BCUT2D eigenvalue weighted by molar-refractivity contribution is 6.30. The van der Waals surface area contributed by atoms with Crippen LogP contribution in [0.25, 0.3) is 0 Å². The maximum atomic E-state index is 12.3. The molecule has 1 aliphatic rings. The summed E-state index contributed by atoms with van der Waals surface area (Å²) >= 11 is 5.99. The van der Waals surface area contributed by atoms with Crippen molar-refractivity contribution in [3.8, 4) is 0 Å². The molecule has 5 nitrogen and oxygen atoms in total. The molecule has 0 spiro atoms. The molecule has 0 bridgehead atoms. The van der Waals surface area contributed by atoms with E-state index in [9.17, 15) is 9.59 Å². The van der Waals surface area contributed by atoms with Crippen molar-refractivity contribution in [1.29, 1.82) is 0 Å². The topological polar surface area (TPSA) is 61.4 Å². The molecule has 1 saturated heterocycles. The molecule has 1 fully saturated rings. The van der Waals surface area contributed by atoms with Gasteiger partial charge in [-0.1, -0.05) is 23.7 Å². The Labute approximate surface area is 142 Å². The van der Waals surface area contributed by atoms with Crippen LogP contribution in [-0.2, 0) is 9.59 Å². The highest BCUT2D eigenvalue weighted by Crippen LogP contribution is 2.19. The van der Waals surface area contributed by atoms with Crippen molar-refractivity contribution in [3.63, 3.8) is 0 Å². The summed E-state index contributed by atoms with van der Waals surface area (Å²) in [5.41, 5.74) is 1.06. The van der Waals surface area contributed by atoms with Gasteiger partial charge >= 0.3 is 0 Å². The van der Waals surface area contributed by atoms with Crippen LogP contribution in [0.3, 0.4) is 0 Å². The Hall–Kier alpha value is -1.59. The number of nitrogens with one attached hydrogen (secondary N) is 2. The number of rotatable bonds is 5. The molecular formula is C17H24ClN3O2. The van der Waals surface area contributed by atoms with Crippen molar-refractivity contribution in [1.82, 2.24) is 15.5 Å². The molecule has 2 amide bonds. The van der Waals surface area contributed by atoms with Crippen LogP contribution in [0, 0.1) is 5.92 Å². The van der Waals surface area contributed by atoms with E-state index in [1.165, 1.54) is 0 Å². The van der Waals surface area contributed by atoms with Gasteiger partial charge in [-0.2, -0.15) is 0 Å². The molecule has 2 rings (SSSR count). The van der Waals surface area contributed by atoms with Gasteiger partial charge in [0.05, 0.1) is 6.54 Å². The minimum Gasteiger partial charge on any atom is -0.359 e. The molecular weight excluding hydrogens is 314 g/mol. The Bertz CT molecular complexity index is 557. The lowest BCUT2D eigenvalue weighted by Crippen LogP contribution is -2.45. The lowest BCUT2D eigenvalue weighted by molar-refractivity contribution is -0.134. The van der Waals surface area contributed by atoms with Gasteiger partial charge in [-0.3, -0.25) is 9.59 Å². The van der Waals surface area contributed by atoms with Gasteiger partial charge in [0.15, 0.2) is 0 Å². The van der Waals surface area contributed by atoms with Gasteiger partial charge in [-0.15, -0.1) is 0 Å². The summed E-state index contributed by atoms with van der Waals surface area (Å²) in [5.74, 6) is 0.182. The summed E-state index contributed by atoms with van der Waals surface area (Å²) in [7, 11) is 1.65. The van der Waals surface area contributed by atoms with Crippen molar-refractivity contribution in [2.45, 2.75) is 25.8 Å². The van der Waals surface area contributed by atoms with Gasteiger partial charge in [-0.05, 0) is 37.5 Å². The van der Waals surface area contributed by atoms with Crippen LogP contribution < -0.4 is 10.6 Å². The SMILES string of the molecule is CNC(=O)C1CCN(C(=O)CNC(C)c2cccc(Cl)c2)CC1. The van der Waals surface area contributed by atoms with Gasteiger partial charge in [0, 0.05) is 37.1 Å². The third-order valence-electron chi connectivity index (χ3n) is 4.37. The highest BCUT2D eigenvalue weighted by atomic mass is 35.5. The average Bonchev–Trinajstić information content (AvgIpc) is 2.58. The molecule has 6 heteroatoms. The predicted octanol–water partition coefficient (Wildman–Crippen LogP) is 1.98. The molecule has 1 atom stereocenters. The average molecular weight is 338 g/mol. The van der Waals surface area contributed by atoms with Crippen LogP contribution >= 0.6 is 11.6 Å². The number of nitrogens with zero attached hydrogens (tertiary/aromatic N) is 1. The van der Waals surface area contributed by atoms with E-state index in [1.807, 2.05) is 36.1 Å². The van der Waals surface area contributed by atoms with Crippen LogP contribution in [0.4, 0.5) is 0 Å². The molecule has 126 valence electrons. The zero-order valence-electron chi connectivity index (χ0n) is 13.6. The maximum absolute atomic E-state index is 12.3. The number of halogens is 1. The van der Waals surface area contributed by atoms with E-state index in [1.54, 1.807) is 7.05 Å². The standard InChI is InChI=1S/C17H24ClN3O2/c1-12(14-4-3-5-15(18)10-14)20-11-16(22)21-8-6-13(7-9-21)17(23)19-2/h3-5,10,12-13,20H,6-9,11H2,1-2H3,(H,19,23). The van der Waals surface area contributed by atoms with E-state index in [0.717, 1.165) is 18.4 Å². The second kappa shape index (κ2) is 8.31. The van der Waals surface area contributed by atoms with Crippen LogP contribution in [0.2, 0.25) is 5.02 Å². The van der Waals surface area contributed by atoms with Crippen molar-refractivity contribution in [3.05, 3.63) is 34.9 Å². The molecule has 0 aromatic heterocycles. The van der Waals surface area contributed by atoms with Gasteiger partial charge in [-0.25, -0.2) is 0 Å². The molecule has 1 aromatic carbocycles.